The van der Waals surface area contributed by atoms with Gasteiger partial charge in [-0.2, -0.15) is 0 Å². The van der Waals surface area contributed by atoms with Gasteiger partial charge in [-0.1, -0.05) is 36.8 Å². The van der Waals surface area contributed by atoms with Crippen LogP contribution in [0.3, 0.4) is 0 Å². The van der Waals surface area contributed by atoms with E-state index in [1.54, 1.807) is 11.3 Å². The van der Waals surface area contributed by atoms with Crippen LogP contribution < -0.4 is 5.32 Å². The lowest BCUT2D eigenvalue weighted by Gasteiger charge is -2.20. The Morgan fingerprint density at radius 1 is 1.30 bits per heavy atom. The molecule has 2 aromatic rings. The van der Waals surface area contributed by atoms with Crippen LogP contribution in [0.5, 0.6) is 0 Å². The zero-order chi connectivity index (χ0) is 14.5. The van der Waals surface area contributed by atoms with Crippen LogP contribution in [0.15, 0.2) is 39.9 Å². The fraction of sp³-hybridized carbons (Fsp3) is 0.375. The van der Waals surface area contributed by atoms with Gasteiger partial charge < -0.3 is 5.32 Å². The van der Waals surface area contributed by atoms with Gasteiger partial charge >= 0.3 is 0 Å². The molecule has 20 heavy (non-hydrogen) atoms. The smallest absolute Gasteiger partial charge is 0.0911 e. The van der Waals surface area contributed by atoms with Gasteiger partial charge in [0, 0.05) is 11.8 Å². The molecule has 0 fully saturated rings. The van der Waals surface area contributed by atoms with Gasteiger partial charge in [-0.3, -0.25) is 4.21 Å². The topological polar surface area (TPSA) is 29.1 Å². The number of hydrogen-bond acceptors (Lipinski definition) is 3. The zero-order valence-corrected chi connectivity index (χ0v) is 13.8. The van der Waals surface area contributed by atoms with E-state index in [1.165, 1.54) is 16.7 Å². The number of aryl methyl sites for hydroxylation is 2. The highest BCUT2D eigenvalue weighted by atomic mass is 32.2. The van der Waals surface area contributed by atoms with Crippen molar-refractivity contribution in [2.24, 2.45) is 0 Å². The fourth-order valence-corrected chi connectivity index (χ4v) is 4.51. The average molecular weight is 307 g/mol. The highest BCUT2D eigenvalue weighted by molar-refractivity contribution is 7.87. The molecule has 2 unspecified atom stereocenters. The van der Waals surface area contributed by atoms with Crippen molar-refractivity contribution in [3.8, 4) is 0 Å². The molecule has 1 aromatic carbocycles. The second-order valence-electron chi connectivity index (χ2n) is 4.91. The van der Waals surface area contributed by atoms with E-state index in [4.69, 9.17) is 0 Å². The molecule has 0 radical (unpaired) electrons. The SMILES string of the molecule is CCNC(CS(=O)c1cccs1)c1cc(C)ccc1C. The molecule has 4 heteroatoms. The van der Waals surface area contributed by atoms with Crippen LogP contribution >= 0.6 is 11.3 Å². The molecular weight excluding hydrogens is 286 g/mol. The maximum atomic E-state index is 12.4. The van der Waals surface area contributed by atoms with Crippen LogP contribution in [0.1, 0.15) is 29.7 Å². The van der Waals surface area contributed by atoms with E-state index in [2.05, 4.69) is 44.3 Å². The van der Waals surface area contributed by atoms with Gasteiger partial charge in [0.2, 0.25) is 0 Å². The normalized spacial score (nSPS) is 14.2. The van der Waals surface area contributed by atoms with E-state index in [-0.39, 0.29) is 6.04 Å². The zero-order valence-electron chi connectivity index (χ0n) is 12.2. The van der Waals surface area contributed by atoms with Gasteiger partial charge in [0.25, 0.3) is 0 Å². The minimum absolute atomic E-state index is 0.142. The van der Waals surface area contributed by atoms with Crippen LogP contribution in [0.2, 0.25) is 0 Å². The predicted molar refractivity (Wildman–Crippen MR) is 87.9 cm³/mol. The average Bonchev–Trinajstić information content (AvgIpc) is 2.95. The Hall–Kier alpha value is -0.970. The van der Waals surface area contributed by atoms with Crippen molar-refractivity contribution >= 4 is 22.1 Å². The Kier molecular flexibility index (Phi) is 5.52. The van der Waals surface area contributed by atoms with Crippen molar-refractivity contribution < 1.29 is 4.21 Å². The molecule has 0 aliphatic heterocycles. The number of thiophene rings is 1. The summed E-state index contributed by atoms with van der Waals surface area (Å²) in [6.07, 6.45) is 0. The molecule has 1 N–H and O–H groups in total. The summed E-state index contributed by atoms with van der Waals surface area (Å²) in [5.74, 6) is 0.624. The lowest BCUT2D eigenvalue weighted by molar-refractivity contribution is 0.592. The lowest BCUT2D eigenvalue weighted by atomic mass is 10.00. The molecule has 0 bridgehead atoms. The first-order chi connectivity index (χ1) is 9.61. The molecule has 2 rings (SSSR count). The van der Waals surface area contributed by atoms with Crippen molar-refractivity contribution in [2.75, 3.05) is 12.3 Å². The van der Waals surface area contributed by atoms with E-state index < -0.39 is 10.8 Å². The van der Waals surface area contributed by atoms with Crippen molar-refractivity contribution in [3.05, 3.63) is 52.4 Å². The fourth-order valence-electron chi connectivity index (χ4n) is 2.27. The molecule has 0 aliphatic rings. The number of benzene rings is 1. The monoisotopic (exact) mass is 307 g/mol. The van der Waals surface area contributed by atoms with E-state index >= 15 is 0 Å². The van der Waals surface area contributed by atoms with Gasteiger partial charge in [-0.05, 0) is 43.0 Å². The first-order valence-electron chi connectivity index (χ1n) is 6.84. The Balaban J connectivity index is 2.22. The van der Waals surface area contributed by atoms with Gasteiger partial charge in [-0.25, -0.2) is 0 Å². The number of hydrogen-bond donors (Lipinski definition) is 1. The van der Waals surface area contributed by atoms with Crippen molar-refractivity contribution in [1.82, 2.24) is 5.32 Å². The van der Waals surface area contributed by atoms with Crippen molar-refractivity contribution in [1.29, 1.82) is 0 Å². The van der Waals surface area contributed by atoms with Crippen LogP contribution in [0.4, 0.5) is 0 Å². The molecule has 108 valence electrons. The highest BCUT2D eigenvalue weighted by Gasteiger charge is 2.17. The highest BCUT2D eigenvalue weighted by Crippen LogP contribution is 2.23. The van der Waals surface area contributed by atoms with Gasteiger partial charge in [0.1, 0.15) is 0 Å². The second-order valence-corrected chi connectivity index (χ2v) is 7.58. The minimum Gasteiger partial charge on any atom is -0.309 e. The summed E-state index contributed by atoms with van der Waals surface area (Å²) in [6.45, 7) is 7.18. The number of nitrogens with one attached hydrogen (secondary N) is 1. The molecule has 0 saturated carbocycles. The Morgan fingerprint density at radius 3 is 2.75 bits per heavy atom. The van der Waals surface area contributed by atoms with Crippen LogP contribution in [0, 0.1) is 13.8 Å². The van der Waals surface area contributed by atoms with Crippen molar-refractivity contribution in [2.45, 2.75) is 31.0 Å². The second kappa shape index (κ2) is 7.16. The summed E-state index contributed by atoms with van der Waals surface area (Å²) in [5, 5.41) is 5.45. The summed E-state index contributed by atoms with van der Waals surface area (Å²) in [6, 6.07) is 10.5. The Morgan fingerprint density at radius 2 is 2.10 bits per heavy atom. The van der Waals surface area contributed by atoms with E-state index in [9.17, 15) is 4.21 Å². The largest absolute Gasteiger partial charge is 0.309 e. The number of rotatable bonds is 6. The Labute approximate surface area is 127 Å². The first kappa shape index (κ1) is 15.4. The molecule has 1 aromatic heterocycles. The molecule has 0 spiro atoms. The summed E-state index contributed by atoms with van der Waals surface area (Å²) in [7, 11) is -0.943. The summed E-state index contributed by atoms with van der Waals surface area (Å²) in [4.78, 5) is 0. The van der Waals surface area contributed by atoms with E-state index in [1.807, 2.05) is 17.5 Å². The van der Waals surface area contributed by atoms with E-state index in [0.29, 0.717) is 5.75 Å². The molecule has 0 saturated heterocycles. The third-order valence-electron chi connectivity index (χ3n) is 3.30. The molecular formula is C16H21NOS2. The van der Waals surface area contributed by atoms with Gasteiger partial charge in [0.05, 0.1) is 15.0 Å². The molecule has 1 heterocycles. The van der Waals surface area contributed by atoms with Gasteiger partial charge in [0.15, 0.2) is 0 Å². The van der Waals surface area contributed by atoms with E-state index in [0.717, 1.165) is 10.8 Å². The maximum Gasteiger partial charge on any atom is 0.0911 e. The van der Waals surface area contributed by atoms with Crippen LogP contribution in [-0.4, -0.2) is 16.5 Å². The molecule has 2 atom stereocenters. The lowest BCUT2D eigenvalue weighted by Crippen LogP contribution is -2.26. The maximum absolute atomic E-state index is 12.4. The van der Waals surface area contributed by atoms with Crippen molar-refractivity contribution in [3.63, 3.8) is 0 Å². The summed E-state index contributed by atoms with van der Waals surface area (Å²) < 4.78 is 13.4. The first-order valence-corrected chi connectivity index (χ1v) is 9.04. The third kappa shape index (κ3) is 3.78. The molecule has 2 nitrogen and oxygen atoms in total. The quantitative estimate of drug-likeness (QED) is 0.879. The van der Waals surface area contributed by atoms with Crippen LogP contribution in [0.25, 0.3) is 0 Å². The summed E-state index contributed by atoms with van der Waals surface area (Å²) >= 11 is 1.57. The van der Waals surface area contributed by atoms with Crippen LogP contribution in [-0.2, 0) is 10.8 Å². The predicted octanol–water partition coefficient (Wildman–Crippen LogP) is 3.82. The van der Waals surface area contributed by atoms with Gasteiger partial charge in [-0.15, -0.1) is 11.3 Å². The summed E-state index contributed by atoms with van der Waals surface area (Å²) in [5.41, 5.74) is 3.76. The molecule has 0 amide bonds. The third-order valence-corrected chi connectivity index (χ3v) is 6.03. The Bertz CT molecular complexity index is 578. The standard InChI is InChI=1S/C16H21NOS2/c1-4-17-15(11-20(18)16-6-5-9-19-16)14-10-12(2)7-8-13(14)3/h5-10,15,17H,4,11H2,1-3H3. The minimum atomic E-state index is -0.943. The molecule has 0 aliphatic carbocycles.